The van der Waals surface area contributed by atoms with Gasteiger partial charge < -0.3 is 16.0 Å². The molecule has 0 saturated carbocycles. The number of rotatable bonds is 5. The van der Waals surface area contributed by atoms with Crippen LogP contribution in [0.4, 0.5) is 16.3 Å². The molecule has 3 aliphatic rings. The van der Waals surface area contributed by atoms with Crippen molar-refractivity contribution in [2.24, 2.45) is 15.8 Å². The zero-order valence-electron chi connectivity index (χ0n) is 20.4. The first-order chi connectivity index (χ1) is 17.9. The number of nitrogens with zero attached hydrogens (tertiary/aromatic N) is 6. The molecule has 2 aromatic rings. The number of hydrazone groups is 1. The van der Waals surface area contributed by atoms with E-state index < -0.39 is 0 Å². The quantitative estimate of drug-likeness (QED) is 0.477. The van der Waals surface area contributed by atoms with Gasteiger partial charge in [-0.2, -0.15) is 5.10 Å². The number of amidine groups is 1. The maximum atomic E-state index is 12.4. The van der Waals surface area contributed by atoms with Gasteiger partial charge in [0.15, 0.2) is 5.84 Å². The Balaban J connectivity index is 1.26. The molecule has 1 saturated heterocycles. The number of hydrogen-bond acceptors (Lipinski definition) is 8. The number of carbonyl (C=O) groups excluding carboxylic acids is 2. The number of urea groups is 1. The highest BCUT2D eigenvalue weighted by atomic mass is 79.9. The molecule has 1 atom stereocenters. The molecular weight excluding hydrogens is 538 g/mol. The van der Waals surface area contributed by atoms with Crippen molar-refractivity contribution in [1.29, 1.82) is 0 Å². The van der Waals surface area contributed by atoms with E-state index in [0.717, 1.165) is 56.0 Å². The summed E-state index contributed by atoms with van der Waals surface area (Å²) in [6, 6.07) is 12.7. The molecule has 3 aliphatic heterocycles. The summed E-state index contributed by atoms with van der Waals surface area (Å²) in [5.41, 5.74) is 9.85. The number of aliphatic imine (C=N–C) groups is 1. The van der Waals surface area contributed by atoms with Crippen LogP contribution >= 0.6 is 15.9 Å². The van der Waals surface area contributed by atoms with Crippen molar-refractivity contribution in [3.8, 4) is 0 Å². The van der Waals surface area contributed by atoms with E-state index in [-0.39, 0.29) is 18.0 Å². The Labute approximate surface area is 223 Å². The fourth-order valence-corrected chi connectivity index (χ4v) is 5.16. The Morgan fingerprint density at radius 3 is 2.54 bits per heavy atom. The molecule has 11 nitrogen and oxygen atoms in total. The van der Waals surface area contributed by atoms with E-state index >= 15 is 0 Å². The molecule has 4 heterocycles. The number of amides is 3. The largest absolute Gasteiger partial charge is 0.382 e. The normalized spacial score (nSPS) is 19.5. The maximum absolute atomic E-state index is 12.4. The minimum Gasteiger partial charge on any atom is -0.382 e. The van der Waals surface area contributed by atoms with E-state index in [2.05, 4.69) is 46.5 Å². The second kappa shape index (κ2) is 10.7. The van der Waals surface area contributed by atoms with Crippen LogP contribution in [0.15, 0.2) is 62.9 Å². The lowest BCUT2D eigenvalue weighted by Crippen LogP contribution is -2.51. The van der Waals surface area contributed by atoms with E-state index in [9.17, 15) is 9.59 Å². The molecule has 1 fully saturated rings. The van der Waals surface area contributed by atoms with Gasteiger partial charge in [-0.05, 0) is 57.8 Å². The molecule has 0 spiro atoms. The van der Waals surface area contributed by atoms with Gasteiger partial charge in [-0.1, -0.05) is 18.2 Å². The van der Waals surface area contributed by atoms with Crippen LogP contribution in [-0.4, -0.2) is 82.7 Å². The minimum absolute atomic E-state index is 0.112. The van der Waals surface area contributed by atoms with Gasteiger partial charge in [0.2, 0.25) is 5.91 Å². The van der Waals surface area contributed by atoms with Gasteiger partial charge in [-0.15, -0.1) is 0 Å². The standard InChI is InChI=1S/C25H28BrN9O2/c1-16(36)34-11-9-33(10-12-34)14-19-13-20(23-24(27)28-15-29-35(19)23)17-5-7-18(8-6-17)30-25(37)32-22-4-2-3-21(26)31-22/h2-8,15,19H,9-14H2,1H3,(H2,27,28,29)(H2,30,31,32,37). The lowest BCUT2D eigenvalue weighted by atomic mass is 9.99. The van der Waals surface area contributed by atoms with Crippen molar-refractivity contribution >= 4 is 57.1 Å². The number of anilines is 2. The van der Waals surface area contributed by atoms with Crippen molar-refractivity contribution in [3.05, 3.63) is 58.3 Å². The zero-order valence-corrected chi connectivity index (χ0v) is 22.0. The molecule has 0 radical (unpaired) electrons. The van der Waals surface area contributed by atoms with Crippen LogP contribution in [0.5, 0.6) is 0 Å². The Morgan fingerprint density at radius 1 is 1.08 bits per heavy atom. The Kier molecular flexibility index (Phi) is 7.19. The lowest BCUT2D eigenvalue weighted by Gasteiger charge is -2.37. The predicted molar refractivity (Wildman–Crippen MR) is 147 cm³/mol. The third kappa shape index (κ3) is 5.65. The highest BCUT2D eigenvalue weighted by molar-refractivity contribution is 9.10. The number of fused-ring (bicyclic) bond motifs is 1. The number of piperazine rings is 1. The summed E-state index contributed by atoms with van der Waals surface area (Å²) in [5.74, 6) is 1.01. The molecule has 192 valence electrons. The van der Waals surface area contributed by atoms with Crippen LogP contribution in [0.1, 0.15) is 18.9 Å². The molecule has 1 unspecified atom stereocenters. The van der Waals surface area contributed by atoms with Crippen molar-refractivity contribution < 1.29 is 9.59 Å². The molecule has 1 aromatic heterocycles. The van der Waals surface area contributed by atoms with Gasteiger partial charge >= 0.3 is 6.03 Å². The molecule has 5 rings (SSSR count). The summed E-state index contributed by atoms with van der Waals surface area (Å²) in [5, 5.41) is 12.0. The minimum atomic E-state index is -0.379. The first kappa shape index (κ1) is 24.9. The average Bonchev–Trinajstić information content (AvgIpc) is 3.24. The summed E-state index contributed by atoms with van der Waals surface area (Å²) in [7, 11) is 0. The summed E-state index contributed by atoms with van der Waals surface area (Å²) in [6.45, 7) is 5.57. The molecule has 0 bridgehead atoms. The first-order valence-corrected chi connectivity index (χ1v) is 12.8. The summed E-state index contributed by atoms with van der Waals surface area (Å²) < 4.78 is 0.640. The Bertz CT molecular complexity index is 1280. The number of aromatic nitrogens is 1. The fraction of sp³-hybridized carbons (Fsp3) is 0.320. The highest BCUT2D eigenvalue weighted by Gasteiger charge is 2.37. The second-order valence-corrected chi connectivity index (χ2v) is 9.90. The van der Waals surface area contributed by atoms with Gasteiger partial charge in [0, 0.05) is 45.3 Å². The monoisotopic (exact) mass is 565 g/mol. The molecule has 4 N–H and O–H groups in total. The third-order valence-corrected chi connectivity index (χ3v) is 7.09. The molecule has 1 aromatic carbocycles. The van der Waals surface area contributed by atoms with E-state index in [1.54, 1.807) is 25.1 Å². The van der Waals surface area contributed by atoms with Crippen LogP contribution in [0.3, 0.4) is 0 Å². The van der Waals surface area contributed by atoms with E-state index in [1.807, 2.05) is 34.2 Å². The number of halogens is 1. The summed E-state index contributed by atoms with van der Waals surface area (Å²) in [6.07, 6.45) is 2.26. The molecule has 37 heavy (non-hydrogen) atoms. The first-order valence-electron chi connectivity index (χ1n) is 12.0. The highest BCUT2D eigenvalue weighted by Crippen LogP contribution is 2.37. The topological polar surface area (TPSA) is 132 Å². The van der Waals surface area contributed by atoms with Crippen molar-refractivity contribution in [2.75, 3.05) is 43.4 Å². The fourth-order valence-electron chi connectivity index (χ4n) is 4.82. The van der Waals surface area contributed by atoms with Gasteiger partial charge in [0.05, 0.1) is 6.04 Å². The predicted octanol–water partition coefficient (Wildman–Crippen LogP) is 2.75. The lowest BCUT2D eigenvalue weighted by molar-refractivity contribution is -0.130. The van der Waals surface area contributed by atoms with Gasteiger partial charge in [0.25, 0.3) is 0 Å². The average molecular weight is 566 g/mol. The Morgan fingerprint density at radius 2 is 1.84 bits per heavy atom. The van der Waals surface area contributed by atoms with E-state index in [1.165, 1.54) is 6.34 Å². The van der Waals surface area contributed by atoms with Crippen LogP contribution in [-0.2, 0) is 4.79 Å². The van der Waals surface area contributed by atoms with Crippen LogP contribution < -0.4 is 16.4 Å². The summed E-state index contributed by atoms with van der Waals surface area (Å²) >= 11 is 3.29. The number of nitrogens with two attached hydrogens (primary N) is 1. The van der Waals surface area contributed by atoms with E-state index in [0.29, 0.717) is 21.9 Å². The number of nitrogens with one attached hydrogen (secondary N) is 2. The van der Waals surface area contributed by atoms with E-state index in [4.69, 9.17) is 5.73 Å². The number of carbonyl (C=O) groups is 2. The van der Waals surface area contributed by atoms with Crippen LogP contribution in [0, 0.1) is 0 Å². The zero-order chi connectivity index (χ0) is 25.9. The number of benzene rings is 1. The molecule has 12 heteroatoms. The molecular formula is C25H28BrN9O2. The van der Waals surface area contributed by atoms with Gasteiger partial charge in [0.1, 0.15) is 22.5 Å². The summed E-state index contributed by atoms with van der Waals surface area (Å²) in [4.78, 5) is 36.7. The second-order valence-electron chi connectivity index (χ2n) is 9.08. The SMILES string of the molecule is CC(=O)N1CCN(CC2CC(c3ccc(NC(=O)Nc4cccc(Br)n4)cc3)=C3C(N)=NC=NN32)CC1. The smallest absolute Gasteiger partial charge is 0.324 e. The van der Waals surface area contributed by atoms with Crippen molar-refractivity contribution in [3.63, 3.8) is 0 Å². The molecule has 3 amide bonds. The van der Waals surface area contributed by atoms with Crippen molar-refractivity contribution in [2.45, 2.75) is 19.4 Å². The van der Waals surface area contributed by atoms with Crippen molar-refractivity contribution in [1.82, 2.24) is 19.8 Å². The number of pyridine rings is 1. The van der Waals surface area contributed by atoms with Gasteiger partial charge in [-0.25, -0.2) is 14.8 Å². The number of hydrogen-bond donors (Lipinski definition) is 3. The van der Waals surface area contributed by atoms with Crippen LogP contribution in [0.25, 0.3) is 5.57 Å². The van der Waals surface area contributed by atoms with Crippen LogP contribution in [0.2, 0.25) is 0 Å². The molecule has 0 aliphatic carbocycles. The van der Waals surface area contributed by atoms with Gasteiger partial charge in [-0.3, -0.25) is 20.0 Å². The maximum Gasteiger partial charge on any atom is 0.324 e. The third-order valence-electron chi connectivity index (χ3n) is 6.65. The Hall–Kier alpha value is -3.77.